The van der Waals surface area contributed by atoms with E-state index in [1.54, 1.807) is 11.8 Å². The van der Waals surface area contributed by atoms with Crippen LogP contribution in [0.3, 0.4) is 0 Å². The van der Waals surface area contributed by atoms with Crippen LogP contribution >= 0.6 is 0 Å². The fourth-order valence-electron chi connectivity index (χ4n) is 2.63. The summed E-state index contributed by atoms with van der Waals surface area (Å²) >= 11 is 0. The molecule has 0 fully saturated rings. The first-order valence-corrected chi connectivity index (χ1v) is 6.85. The second-order valence-electron chi connectivity index (χ2n) is 5.68. The van der Waals surface area contributed by atoms with Crippen LogP contribution in [-0.2, 0) is 13.0 Å². The number of rotatable bonds is 4. The molecule has 3 nitrogen and oxygen atoms in total. The number of fused-ring (bicyclic) bond motifs is 1. The number of hydrogen-bond donors (Lipinski definition) is 2. The quantitative estimate of drug-likeness (QED) is 0.890. The molecule has 2 unspecified atom stereocenters. The molecule has 0 aliphatic carbocycles. The van der Waals surface area contributed by atoms with E-state index < -0.39 is 25.2 Å². The van der Waals surface area contributed by atoms with Crippen LogP contribution in [0.5, 0.6) is 0 Å². The van der Waals surface area contributed by atoms with Crippen LogP contribution in [0.15, 0.2) is 18.2 Å². The largest absolute Gasteiger partial charge is 0.390 e. The molecule has 2 rings (SSSR count). The van der Waals surface area contributed by atoms with Crippen molar-refractivity contribution < 1.29 is 19.0 Å². The third kappa shape index (κ3) is 3.34. The highest BCUT2D eigenvalue weighted by molar-refractivity contribution is 5.35. The van der Waals surface area contributed by atoms with E-state index >= 15 is 0 Å². The SMILES string of the molecule is CC(O)c1ccc2c(c1)CC(C)N(CC(F)(F)CO)C2. The molecule has 1 aromatic rings. The van der Waals surface area contributed by atoms with Gasteiger partial charge >= 0.3 is 0 Å². The van der Waals surface area contributed by atoms with Crippen LogP contribution in [0, 0.1) is 0 Å². The molecule has 2 N–H and O–H groups in total. The molecule has 5 heteroatoms. The lowest BCUT2D eigenvalue weighted by molar-refractivity contribution is -0.0818. The van der Waals surface area contributed by atoms with E-state index in [0.717, 1.165) is 16.7 Å². The molecule has 0 saturated carbocycles. The van der Waals surface area contributed by atoms with Gasteiger partial charge < -0.3 is 10.2 Å². The van der Waals surface area contributed by atoms with Crippen molar-refractivity contribution in [3.8, 4) is 0 Å². The first-order valence-electron chi connectivity index (χ1n) is 6.85. The fourth-order valence-corrected chi connectivity index (χ4v) is 2.63. The second-order valence-corrected chi connectivity index (χ2v) is 5.68. The summed E-state index contributed by atoms with van der Waals surface area (Å²) in [5.74, 6) is -3.06. The summed E-state index contributed by atoms with van der Waals surface area (Å²) in [5.41, 5.74) is 2.98. The van der Waals surface area contributed by atoms with E-state index in [-0.39, 0.29) is 6.04 Å². The Labute approximate surface area is 117 Å². The van der Waals surface area contributed by atoms with Gasteiger partial charge in [0.15, 0.2) is 0 Å². The highest BCUT2D eigenvalue weighted by Gasteiger charge is 2.34. The molecule has 0 amide bonds. The van der Waals surface area contributed by atoms with Gasteiger partial charge in [0.05, 0.1) is 12.6 Å². The van der Waals surface area contributed by atoms with Crippen LogP contribution in [0.2, 0.25) is 0 Å². The molecular weight excluding hydrogens is 264 g/mol. The molecule has 1 aliphatic heterocycles. The number of halogens is 2. The number of aliphatic hydroxyl groups excluding tert-OH is 2. The van der Waals surface area contributed by atoms with Gasteiger partial charge in [0.2, 0.25) is 0 Å². The Hall–Kier alpha value is -1.04. The number of benzene rings is 1. The first-order chi connectivity index (χ1) is 9.32. The van der Waals surface area contributed by atoms with Gasteiger partial charge in [-0.2, -0.15) is 0 Å². The van der Waals surface area contributed by atoms with E-state index in [9.17, 15) is 13.9 Å². The Morgan fingerprint density at radius 3 is 2.70 bits per heavy atom. The lowest BCUT2D eigenvalue weighted by Gasteiger charge is -2.36. The minimum absolute atomic E-state index is 0.0100. The molecule has 0 saturated heterocycles. The third-order valence-electron chi connectivity index (χ3n) is 3.89. The van der Waals surface area contributed by atoms with Gasteiger partial charge in [-0.25, -0.2) is 8.78 Å². The van der Waals surface area contributed by atoms with Gasteiger partial charge in [-0.3, -0.25) is 4.90 Å². The van der Waals surface area contributed by atoms with Gasteiger partial charge in [-0.1, -0.05) is 18.2 Å². The lowest BCUT2D eigenvalue weighted by Crippen LogP contribution is -2.46. The molecule has 20 heavy (non-hydrogen) atoms. The minimum atomic E-state index is -3.06. The number of hydrogen-bond acceptors (Lipinski definition) is 3. The Balaban J connectivity index is 2.17. The van der Waals surface area contributed by atoms with Gasteiger partial charge in [0.25, 0.3) is 5.92 Å². The van der Waals surface area contributed by atoms with E-state index in [1.165, 1.54) is 0 Å². The monoisotopic (exact) mass is 285 g/mol. The van der Waals surface area contributed by atoms with Gasteiger partial charge in [-0.15, -0.1) is 0 Å². The molecule has 0 spiro atoms. The summed E-state index contributed by atoms with van der Waals surface area (Å²) in [5, 5.41) is 18.3. The highest BCUT2D eigenvalue weighted by atomic mass is 19.3. The van der Waals surface area contributed by atoms with Crippen molar-refractivity contribution in [3.05, 3.63) is 34.9 Å². The van der Waals surface area contributed by atoms with E-state index in [4.69, 9.17) is 5.11 Å². The number of aliphatic hydroxyl groups is 2. The Bertz CT molecular complexity index is 477. The Kier molecular flexibility index (Phi) is 4.42. The number of nitrogens with zero attached hydrogens (tertiary/aromatic N) is 1. The van der Waals surface area contributed by atoms with Gasteiger partial charge in [0.1, 0.15) is 6.61 Å². The van der Waals surface area contributed by atoms with E-state index in [2.05, 4.69) is 0 Å². The predicted molar refractivity (Wildman–Crippen MR) is 72.7 cm³/mol. The second kappa shape index (κ2) is 5.76. The van der Waals surface area contributed by atoms with Crippen LogP contribution in [-0.4, -0.2) is 40.2 Å². The first kappa shape index (κ1) is 15.4. The van der Waals surface area contributed by atoms with Crippen LogP contribution in [0.25, 0.3) is 0 Å². The average Bonchev–Trinajstić information content (AvgIpc) is 2.38. The summed E-state index contributed by atoms with van der Waals surface area (Å²) in [6.45, 7) is 2.52. The van der Waals surface area contributed by atoms with Crippen molar-refractivity contribution in [2.45, 2.75) is 44.9 Å². The molecular formula is C15H21F2NO2. The molecule has 1 heterocycles. The van der Waals surface area contributed by atoms with Crippen molar-refractivity contribution in [1.29, 1.82) is 0 Å². The van der Waals surface area contributed by atoms with Crippen molar-refractivity contribution in [1.82, 2.24) is 4.90 Å². The van der Waals surface area contributed by atoms with E-state index in [1.807, 2.05) is 25.1 Å². The molecule has 1 aliphatic rings. The van der Waals surface area contributed by atoms with Crippen molar-refractivity contribution >= 4 is 0 Å². The maximum atomic E-state index is 13.3. The summed E-state index contributed by atoms with van der Waals surface area (Å²) in [7, 11) is 0. The average molecular weight is 285 g/mol. The van der Waals surface area contributed by atoms with E-state index in [0.29, 0.717) is 13.0 Å². The normalized spacial score (nSPS) is 21.6. The maximum absolute atomic E-state index is 13.3. The summed E-state index contributed by atoms with van der Waals surface area (Å²) in [4.78, 5) is 1.70. The fraction of sp³-hybridized carbons (Fsp3) is 0.600. The summed E-state index contributed by atoms with van der Waals surface area (Å²) < 4.78 is 26.7. The zero-order valence-electron chi connectivity index (χ0n) is 11.8. The molecule has 112 valence electrons. The van der Waals surface area contributed by atoms with Crippen molar-refractivity contribution in [2.75, 3.05) is 13.2 Å². The zero-order chi connectivity index (χ0) is 14.9. The standard InChI is InChI=1S/C15H21F2NO2/c1-10-5-14-6-12(11(2)20)3-4-13(14)7-18(10)8-15(16,17)9-19/h3-4,6,10-11,19-20H,5,7-9H2,1-2H3. The molecule has 0 radical (unpaired) electrons. The van der Waals surface area contributed by atoms with Crippen LogP contribution in [0.1, 0.15) is 36.6 Å². The Morgan fingerprint density at radius 2 is 2.10 bits per heavy atom. The predicted octanol–water partition coefficient (Wildman–Crippen LogP) is 2.11. The summed E-state index contributed by atoms with van der Waals surface area (Å²) in [6.07, 6.45) is 0.157. The minimum Gasteiger partial charge on any atom is -0.390 e. The molecule has 1 aromatic carbocycles. The highest BCUT2D eigenvalue weighted by Crippen LogP contribution is 2.28. The van der Waals surface area contributed by atoms with Crippen LogP contribution in [0.4, 0.5) is 8.78 Å². The molecule has 0 bridgehead atoms. The van der Waals surface area contributed by atoms with Gasteiger partial charge in [-0.05, 0) is 37.0 Å². The van der Waals surface area contributed by atoms with Crippen molar-refractivity contribution in [3.63, 3.8) is 0 Å². The summed E-state index contributed by atoms with van der Waals surface area (Å²) in [6, 6.07) is 5.68. The zero-order valence-corrected chi connectivity index (χ0v) is 11.8. The van der Waals surface area contributed by atoms with Crippen molar-refractivity contribution in [2.24, 2.45) is 0 Å². The molecule has 2 atom stereocenters. The number of alkyl halides is 2. The molecule has 0 aromatic heterocycles. The third-order valence-corrected chi connectivity index (χ3v) is 3.89. The lowest BCUT2D eigenvalue weighted by atomic mass is 9.92. The Morgan fingerprint density at radius 1 is 1.40 bits per heavy atom. The van der Waals surface area contributed by atoms with Gasteiger partial charge in [0, 0.05) is 12.6 Å². The van der Waals surface area contributed by atoms with Crippen LogP contribution < -0.4 is 0 Å². The topological polar surface area (TPSA) is 43.7 Å². The maximum Gasteiger partial charge on any atom is 0.283 e. The smallest absolute Gasteiger partial charge is 0.283 e.